The Hall–Kier alpha value is -1.95. The van der Waals surface area contributed by atoms with E-state index in [0.717, 1.165) is 6.54 Å². The van der Waals surface area contributed by atoms with Crippen LogP contribution >= 0.6 is 28.9 Å². The lowest BCUT2D eigenvalue weighted by Gasteiger charge is -2.26. The zero-order chi connectivity index (χ0) is 19.3. The smallest absolute Gasteiger partial charge is 0.0563 e. The molecule has 1 heterocycles. The predicted octanol–water partition coefficient (Wildman–Crippen LogP) is 7.01. The quantitative estimate of drug-likeness (QED) is 0.278. The molecular formula is C25H22INS. The summed E-state index contributed by atoms with van der Waals surface area (Å²) in [6.07, 6.45) is 4.72. The lowest BCUT2D eigenvalue weighted by Crippen LogP contribution is -2.25. The van der Waals surface area contributed by atoms with Crippen molar-refractivity contribution < 1.29 is 0 Å². The Morgan fingerprint density at radius 3 is 1.86 bits per heavy atom. The van der Waals surface area contributed by atoms with Crippen LogP contribution in [0.25, 0.3) is 10.5 Å². The number of hydrogen-bond acceptors (Lipinski definition) is 1. The average molecular weight is 495 g/mol. The molecule has 0 aliphatic carbocycles. The van der Waals surface area contributed by atoms with Crippen LogP contribution in [-0.2, 0) is 6.54 Å². The van der Waals surface area contributed by atoms with Gasteiger partial charge in [-0.25, -0.2) is 0 Å². The second-order valence-corrected chi connectivity index (χ2v) is 10.8. The summed E-state index contributed by atoms with van der Waals surface area (Å²) in [5.74, 6) is 0. The van der Waals surface area contributed by atoms with Gasteiger partial charge in [0.25, 0.3) is 0 Å². The van der Waals surface area contributed by atoms with Crippen LogP contribution in [0.1, 0.15) is 16.7 Å². The van der Waals surface area contributed by atoms with Gasteiger partial charge >= 0.3 is 0 Å². The fourth-order valence-electron chi connectivity index (χ4n) is 3.30. The molecule has 0 bridgehead atoms. The van der Waals surface area contributed by atoms with E-state index in [2.05, 4.69) is 136 Å². The van der Waals surface area contributed by atoms with Crippen LogP contribution in [0.4, 0.5) is 0 Å². The monoisotopic (exact) mass is 495 g/mol. The third-order valence-electron chi connectivity index (χ3n) is 4.75. The molecule has 0 saturated heterocycles. The Balaban J connectivity index is 1.78. The van der Waals surface area contributed by atoms with E-state index in [1.807, 2.05) is 0 Å². The summed E-state index contributed by atoms with van der Waals surface area (Å²) in [6, 6.07) is 32.1. The van der Waals surface area contributed by atoms with Crippen LogP contribution < -0.4 is 0 Å². The molecule has 1 atom stereocenters. The summed E-state index contributed by atoms with van der Waals surface area (Å²) in [6.45, 7) is 0.906. The number of nitrogens with zero attached hydrogens (tertiary/aromatic N) is 1. The van der Waals surface area contributed by atoms with Gasteiger partial charge in [0.05, 0.1) is 4.99 Å². The van der Waals surface area contributed by atoms with Crippen LogP contribution in [-0.4, -0.2) is 16.9 Å². The van der Waals surface area contributed by atoms with Crippen molar-refractivity contribution in [2.75, 3.05) is 7.05 Å². The molecular weight excluding hydrogens is 473 g/mol. The van der Waals surface area contributed by atoms with Gasteiger partial charge in [-0.3, -0.25) is 4.90 Å². The van der Waals surface area contributed by atoms with Crippen molar-refractivity contribution in [2.24, 2.45) is 0 Å². The van der Waals surface area contributed by atoms with E-state index in [1.165, 1.54) is 32.2 Å². The Morgan fingerprint density at radius 1 is 0.714 bits per heavy atom. The van der Waals surface area contributed by atoms with Crippen molar-refractivity contribution in [1.29, 1.82) is 0 Å². The first-order valence-electron chi connectivity index (χ1n) is 9.29. The Morgan fingerprint density at radius 2 is 1.25 bits per heavy atom. The molecule has 0 spiro atoms. The lowest BCUT2D eigenvalue weighted by molar-refractivity contribution is 0.512. The molecule has 1 aliphatic heterocycles. The summed E-state index contributed by atoms with van der Waals surface area (Å²) >= 11 is 2.61. The molecule has 0 N–H and O–H groups in total. The van der Waals surface area contributed by atoms with Crippen molar-refractivity contribution in [3.05, 3.63) is 120 Å². The van der Waals surface area contributed by atoms with E-state index in [4.69, 9.17) is 0 Å². The number of benzene rings is 3. The summed E-state index contributed by atoms with van der Waals surface area (Å²) in [5, 5.41) is 0. The normalized spacial score (nSPS) is 16.7. The van der Waals surface area contributed by atoms with E-state index < -0.39 is 0 Å². The SMILES string of the molecule is CN(Cc1ccccc1)C1=S(I)C(c2ccccc2)=CC(c2ccccc2)=C1. The van der Waals surface area contributed by atoms with Gasteiger partial charge in [0.1, 0.15) is 0 Å². The zero-order valence-electron chi connectivity index (χ0n) is 15.8. The molecule has 1 nitrogen and oxygen atoms in total. The first-order chi connectivity index (χ1) is 13.7. The van der Waals surface area contributed by atoms with Gasteiger partial charge in [-0.05, 0) is 62.7 Å². The van der Waals surface area contributed by atoms with E-state index in [0.29, 0.717) is 0 Å². The van der Waals surface area contributed by atoms with Crippen LogP contribution in [0.5, 0.6) is 0 Å². The molecule has 1 unspecified atom stereocenters. The maximum absolute atomic E-state index is 2.61. The molecule has 140 valence electrons. The number of allylic oxidation sites excluding steroid dienone is 2. The highest BCUT2D eigenvalue weighted by molar-refractivity contribution is 14.2. The molecule has 3 heteroatoms. The van der Waals surface area contributed by atoms with Crippen molar-refractivity contribution in [1.82, 2.24) is 4.90 Å². The van der Waals surface area contributed by atoms with Crippen molar-refractivity contribution in [3.8, 4) is 0 Å². The maximum atomic E-state index is 2.61. The van der Waals surface area contributed by atoms with Gasteiger partial charge < -0.3 is 0 Å². The van der Waals surface area contributed by atoms with Crippen LogP contribution in [0.2, 0.25) is 0 Å². The van der Waals surface area contributed by atoms with Gasteiger partial charge in [-0.1, -0.05) is 98.7 Å². The summed E-state index contributed by atoms with van der Waals surface area (Å²) in [4.78, 5) is 5.14. The van der Waals surface area contributed by atoms with E-state index in [-0.39, 0.29) is 7.66 Å². The van der Waals surface area contributed by atoms with Gasteiger partial charge in [-0.15, -0.1) is 0 Å². The van der Waals surface area contributed by atoms with E-state index >= 15 is 0 Å². The molecule has 3 aromatic carbocycles. The Labute approximate surface area is 181 Å². The fraction of sp³-hybridized carbons (Fsp3) is 0.0800. The van der Waals surface area contributed by atoms with Gasteiger partial charge in [0.15, 0.2) is 0 Å². The Kier molecular flexibility index (Phi) is 6.25. The van der Waals surface area contributed by atoms with Crippen LogP contribution in [0.15, 0.2) is 103 Å². The molecule has 0 aromatic heterocycles. The average Bonchev–Trinajstić information content (AvgIpc) is 2.76. The topological polar surface area (TPSA) is 3.24 Å². The third kappa shape index (κ3) is 4.37. The second-order valence-electron chi connectivity index (χ2n) is 6.78. The zero-order valence-corrected chi connectivity index (χ0v) is 18.7. The predicted molar refractivity (Wildman–Crippen MR) is 133 cm³/mol. The molecule has 3 aromatic rings. The number of halogens is 1. The summed E-state index contributed by atoms with van der Waals surface area (Å²) in [5.41, 5.74) is 5.16. The minimum absolute atomic E-state index is 0.0177. The van der Waals surface area contributed by atoms with E-state index in [9.17, 15) is 0 Å². The standard InChI is InChI=1S/C25H22INS/c1-27(19-20-11-5-2-6-12-20)25-18-23(21-13-7-3-8-14-21)17-24(28(25)26)22-15-9-4-10-16-22/h2-18H,19H2,1H3. The minimum Gasteiger partial charge on any atom is -0.268 e. The van der Waals surface area contributed by atoms with Crippen molar-refractivity contribution >= 4 is 44.3 Å². The number of rotatable bonds is 4. The summed E-state index contributed by atoms with van der Waals surface area (Å²) in [7, 11) is 2.18. The van der Waals surface area contributed by atoms with Gasteiger partial charge in [-0.2, -0.15) is 0 Å². The molecule has 28 heavy (non-hydrogen) atoms. The lowest BCUT2D eigenvalue weighted by atomic mass is 10.0. The summed E-state index contributed by atoms with van der Waals surface area (Å²) < 4.78 is 0. The molecule has 1 aliphatic rings. The molecule has 0 saturated carbocycles. The highest BCUT2D eigenvalue weighted by Crippen LogP contribution is 2.47. The Bertz CT molecular complexity index is 1040. The van der Waals surface area contributed by atoms with Crippen LogP contribution in [0.3, 0.4) is 0 Å². The highest BCUT2D eigenvalue weighted by atomic mass is 127. The number of hydrogen-bond donors (Lipinski definition) is 0. The first-order valence-corrected chi connectivity index (χ1v) is 13.1. The largest absolute Gasteiger partial charge is 0.268 e. The second kappa shape index (κ2) is 9.03. The fourth-order valence-corrected chi connectivity index (χ4v) is 7.20. The highest BCUT2D eigenvalue weighted by Gasteiger charge is 2.19. The van der Waals surface area contributed by atoms with Crippen molar-refractivity contribution in [2.45, 2.75) is 6.54 Å². The third-order valence-corrected chi connectivity index (χ3v) is 9.06. The van der Waals surface area contributed by atoms with Gasteiger partial charge in [0, 0.05) is 11.4 Å². The van der Waals surface area contributed by atoms with Crippen molar-refractivity contribution in [3.63, 3.8) is 0 Å². The maximum Gasteiger partial charge on any atom is 0.0563 e. The van der Waals surface area contributed by atoms with Crippen LogP contribution in [0, 0.1) is 0 Å². The molecule has 0 fully saturated rings. The number of likely N-dealkylation sites (N-methyl/N-ethyl adjacent to an activating group) is 1. The van der Waals surface area contributed by atoms with E-state index in [1.54, 1.807) is 0 Å². The molecule has 4 rings (SSSR count). The molecule has 0 radical (unpaired) electrons. The van der Waals surface area contributed by atoms with Gasteiger partial charge in [0.2, 0.25) is 0 Å². The first kappa shape index (κ1) is 19.4. The molecule has 0 amide bonds. The minimum atomic E-state index is -0.0177.